The van der Waals surface area contributed by atoms with Crippen LogP contribution >= 0.6 is 0 Å². The van der Waals surface area contributed by atoms with Gasteiger partial charge in [0.25, 0.3) is 12.0 Å². The molecule has 0 radical (unpaired) electrons. The van der Waals surface area contributed by atoms with Crippen LogP contribution < -0.4 is 10.1 Å². The number of carbonyl (C=O) groups excluding carboxylic acids is 1. The Morgan fingerprint density at radius 3 is 2.83 bits per heavy atom. The highest BCUT2D eigenvalue weighted by molar-refractivity contribution is 5.82. The maximum absolute atomic E-state index is 14.4. The molecule has 1 aliphatic heterocycles. The van der Waals surface area contributed by atoms with Crippen molar-refractivity contribution in [2.45, 2.75) is 51.6 Å². The number of ether oxygens (including phenoxy) is 2. The molecule has 1 aliphatic rings. The van der Waals surface area contributed by atoms with E-state index in [1.54, 1.807) is 17.8 Å². The fraction of sp³-hybridized carbons (Fsp3) is 0.407. The van der Waals surface area contributed by atoms with Crippen molar-refractivity contribution in [3.8, 4) is 11.5 Å². The zero-order valence-corrected chi connectivity index (χ0v) is 22.5. The van der Waals surface area contributed by atoms with Crippen LogP contribution in [0.3, 0.4) is 0 Å². The number of fused-ring (bicyclic) bond motifs is 1. The molecule has 0 aromatic carbocycles. The van der Waals surface area contributed by atoms with Gasteiger partial charge in [0.2, 0.25) is 5.95 Å². The number of nitrogens with zero attached hydrogens (tertiary/aromatic N) is 7. The van der Waals surface area contributed by atoms with Gasteiger partial charge in [-0.1, -0.05) is 0 Å². The normalized spacial score (nSPS) is 15.5. The number of hydrogen-bond donors (Lipinski definition) is 1. The van der Waals surface area contributed by atoms with E-state index in [0.29, 0.717) is 30.4 Å². The SMILES string of the molecule is [C-]#[N+]C(C)(C)c1cc(Nc2nc3ncc(Oc4ccnc(CC(C)=O)c4)c(C(F)F)c3n2C)nn1[C@H]1CCOC1. The Labute approximate surface area is 229 Å². The van der Waals surface area contributed by atoms with Gasteiger partial charge in [0.05, 0.1) is 30.1 Å². The standard InChI is InChI=1S/C27H28F2N8O3/c1-15(38)10-16-11-18(6-8-31-16)40-19-13-32-25-23(22(19)24(28)29)36(5)26(34-25)33-21-12-20(27(2,3)30-4)37(35-21)17-7-9-39-14-17/h6,8,11-13,17,24H,7,9-10,14H2,1-3,5H3,(H,32,33,34,35)/t17-/m0/s1. The molecular weight excluding hydrogens is 522 g/mol. The van der Waals surface area contributed by atoms with Crippen molar-refractivity contribution in [3.05, 3.63) is 59.0 Å². The minimum atomic E-state index is -2.89. The van der Waals surface area contributed by atoms with Gasteiger partial charge in [-0.2, -0.15) is 10.1 Å². The highest BCUT2D eigenvalue weighted by Crippen LogP contribution is 2.38. The second kappa shape index (κ2) is 10.6. The average molecular weight is 551 g/mol. The van der Waals surface area contributed by atoms with Crippen molar-refractivity contribution in [1.29, 1.82) is 0 Å². The maximum atomic E-state index is 14.4. The number of alkyl halides is 2. The lowest BCUT2D eigenvalue weighted by molar-refractivity contribution is -0.116. The van der Waals surface area contributed by atoms with Crippen LogP contribution in [0.4, 0.5) is 20.5 Å². The first-order chi connectivity index (χ1) is 19.1. The number of nitrogens with one attached hydrogen (secondary N) is 1. The number of carbonyl (C=O) groups is 1. The number of hydrogen-bond acceptors (Lipinski definition) is 8. The summed E-state index contributed by atoms with van der Waals surface area (Å²) in [6, 6.07) is 4.81. The minimum absolute atomic E-state index is 0.0111. The first kappa shape index (κ1) is 27.1. The minimum Gasteiger partial charge on any atom is -0.455 e. The third-order valence-electron chi connectivity index (χ3n) is 6.70. The summed E-state index contributed by atoms with van der Waals surface area (Å²) in [6.45, 7) is 13.8. The van der Waals surface area contributed by atoms with Gasteiger partial charge in [0.1, 0.15) is 22.7 Å². The van der Waals surface area contributed by atoms with Gasteiger partial charge < -0.3 is 24.2 Å². The molecule has 0 spiro atoms. The molecule has 5 rings (SSSR count). The van der Waals surface area contributed by atoms with E-state index in [4.69, 9.17) is 16.0 Å². The fourth-order valence-corrected chi connectivity index (χ4v) is 4.66. The van der Waals surface area contributed by atoms with Crippen LogP contribution in [0.5, 0.6) is 11.5 Å². The number of rotatable bonds is 9. The number of halogens is 2. The number of pyridine rings is 2. The topological polar surface area (TPSA) is 113 Å². The van der Waals surface area contributed by atoms with Crippen molar-refractivity contribution >= 4 is 28.7 Å². The summed E-state index contributed by atoms with van der Waals surface area (Å²) in [7, 11) is 1.60. The van der Waals surface area contributed by atoms with Crippen molar-refractivity contribution in [2.24, 2.45) is 7.05 Å². The van der Waals surface area contributed by atoms with Crippen LogP contribution in [0, 0.1) is 6.57 Å². The Morgan fingerprint density at radius 1 is 1.35 bits per heavy atom. The second-order valence-electron chi connectivity index (χ2n) is 10.1. The Morgan fingerprint density at radius 2 is 2.15 bits per heavy atom. The van der Waals surface area contributed by atoms with Gasteiger partial charge in [-0.15, -0.1) is 0 Å². The van der Waals surface area contributed by atoms with Crippen LogP contribution in [0.25, 0.3) is 16.0 Å². The quantitative estimate of drug-likeness (QED) is 0.280. The van der Waals surface area contributed by atoms with E-state index in [-0.39, 0.29) is 52.4 Å². The van der Waals surface area contributed by atoms with Crippen LogP contribution in [0.15, 0.2) is 30.6 Å². The lowest BCUT2D eigenvalue weighted by atomic mass is 10.0. The largest absolute Gasteiger partial charge is 0.455 e. The van der Waals surface area contributed by atoms with Gasteiger partial charge >= 0.3 is 0 Å². The summed E-state index contributed by atoms with van der Waals surface area (Å²) < 4.78 is 43.5. The lowest BCUT2D eigenvalue weighted by Crippen LogP contribution is -2.22. The Kier molecular flexibility index (Phi) is 7.20. The summed E-state index contributed by atoms with van der Waals surface area (Å²) >= 11 is 0. The molecule has 1 N–H and O–H groups in total. The van der Waals surface area contributed by atoms with Gasteiger partial charge in [-0.05, 0) is 19.4 Å². The molecule has 0 saturated carbocycles. The smallest absolute Gasteiger partial charge is 0.269 e. The molecule has 0 aliphatic carbocycles. The monoisotopic (exact) mass is 550 g/mol. The summed E-state index contributed by atoms with van der Waals surface area (Å²) in [6.07, 6.45) is 0.637. The molecule has 4 aromatic rings. The molecule has 0 amide bonds. The van der Waals surface area contributed by atoms with Crippen molar-refractivity contribution < 1.29 is 23.0 Å². The fourth-order valence-electron chi connectivity index (χ4n) is 4.66. The molecule has 11 nitrogen and oxygen atoms in total. The van der Waals surface area contributed by atoms with Gasteiger partial charge in [-0.3, -0.25) is 14.5 Å². The van der Waals surface area contributed by atoms with Crippen molar-refractivity contribution in [2.75, 3.05) is 18.5 Å². The number of aromatic nitrogens is 6. The van der Waals surface area contributed by atoms with Crippen molar-refractivity contribution in [3.63, 3.8) is 0 Å². The maximum Gasteiger partial charge on any atom is 0.269 e. The highest BCUT2D eigenvalue weighted by atomic mass is 19.3. The van der Waals surface area contributed by atoms with E-state index in [1.807, 2.05) is 13.8 Å². The molecule has 0 bridgehead atoms. The number of Topliss-reactive ketones (excluding diaryl/α,β-unsaturated/α-hetero) is 1. The number of anilines is 2. The molecule has 1 saturated heterocycles. The van der Waals surface area contributed by atoms with Gasteiger partial charge in [0.15, 0.2) is 17.2 Å². The molecule has 13 heteroatoms. The predicted octanol–water partition coefficient (Wildman–Crippen LogP) is 5.28. The molecule has 40 heavy (non-hydrogen) atoms. The number of ketones is 1. The summed E-state index contributed by atoms with van der Waals surface area (Å²) in [5.74, 6) is 0.701. The van der Waals surface area contributed by atoms with Crippen LogP contribution in [0.2, 0.25) is 0 Å². The Balaban J connectivity index is 1.51. The first-order valence-corrected chi connectivity index (χ1v) is 12.7. The van der Waals surface area contributed by atoms with Crippen LogP contribution in [0.1, 0.15) is 56.6 Å². The molecule has 1 atom stereocenters. The molecular formula is C27H28F2N8O3. The van der Waals surface area contributed by atoms with E-state index in [1.165, 1.54) is 36.0 Å². The summed E-state index contributed by atoms with van der Waals surface area (Å²) in [4.78, 5) is 28.1. The number of imidazole rings is 1. The third-order valence-corrected chi connectivity index (χ3v) is 6.70. The molecule has 208 valence electrons. The van der Waals surface area contributed by atoms with E-state index in [9.17, 15) is 13.6 Å². The molecule has 4 aromatic heterocycles. The third kappa shape index (κ3) is 5.22. The zero-order valence-electron chi connectivity index (χ0n) is 22.5. The molecule has 1 fully saturated rings. The Hall–Kier alpha value is -4.44. The van der Waals surface area contributed by atoms with Crippen LogP contribution in [-0.2, 0) is 28.5 Å². The second-order valence-corrected chi connectivity index (χ2v) is 10.1. The van der Waals surface area contributed by atoms with E-state index < -0.39 is 12.0 Å². The lowest BCUT2D eigenvalue weighted by Gasteiger charge is -2.17. The van der Waals surface area contributed by atoms with Gasteiger partial charge in [-0.25, -0.2) is 20.3 Å². The molecule has 5 heterocycles. The van der Waals surface area contributed by atoms with Crippen molar-refractivity contribution in [1.82, 2.24) is 29.3 Å². The predicted molar refractivity (Wildman–Crippen MR) is 142 cm³/mol. The van der Waals surface area contributed by atoms with Gasteiger partial charge in [0, 0.05) is 52.3 Å². The van der Waals surface area contributed by atoms with E-state index >= 15 is 0 Å². The van der Waals surface area contributed by atoms with E-state index in [0.717, 1.165) is 6.42 Å². The summed E-state index contributed by atoms with van der Waals surface area (Å²) in [5, 5.41) is 7.79. The number of aryl methyl sites for hydroxylation is 1. The highest BCUT2D eigenvalue weighted by Gasteiger charge is 2.35. The average Bonchev–Trinajstić information content (AvgIpc) is 3.64. The first-order valence-electron chi connectivity index (χ1n) is 12.7. The zero-order chi connectivity index (χ0) is 28.6. The Bertz CT molecular complexity index is 1620. The van der Waals surface area contributed by atoms with E-state index in [2.05, 4.69) is 30.2 Å². The molecule has 0 unspecified atom stereocenters. The van der Waals surface area contributed by atoms with Crippen LogP contribution in [-0.4, -0.2) is 48.3 Å². The summed E-state index contributed by atoms with van der Waals surface area (Å²) in [5.41, 5.74) is 0.164.